The number of thiazole rings is 1. The second kappa shape index (κ2) is 5.88. The third-order valence-corrected chi connectivity index (χ3v) is 4.15. The van der Waals surface area contributed by atoms with E-state index in [4.69, 9.17) is 11.0 Å². The lowest BCUT2D eigenvalue weighted by Crippen LogP contribution is -2.15. The highest BCUT2D eigenvalue weighted by molar-refractivity contribution is 7.07. The summed E-state index contributed by atoms with van der Waals surface area (Å²) in [5.74, 6) is 0. The Morgan fingerprint density at radius 3 is 2.68 bits per heavy atom. The number of nitrogens with zero attached hydrogens (tertiary/aromatic N) is 2. The number of hydrogen-bond acceptors (Lipinski definition) is 4. The monoisotopic (exact) mass is 307 g/mol. The molecule has 0 fully saturated rings. The van der Waals surface area contributed by atoms with Crippen LogP contribution in [0.5, 0.6) is 0 Å². The normalized spacial score (nSPS) is 10.3. The number of anilines is 1. The second-order valence-corrected chi connectivity index (χ2v) is 5.73. The molecule has 0 aliphatic rings. The maximum Gasteiger partial charge on any atom is 0.307 e. The van der Waals surface area contributed by atoms with Crippen LogP contribution >= 0.6 is 11.3 Å². The second-order valence-electron chi connectivity index (χ2n) is 4.91. The summed E-state index contributed by atoms with van der Waals surface area (Å²) in [7, 11) is 0. The summed E-state index contributed by atoms with van der Waals surface area (Å²) in [6.07, 6.45) is 0. The van der Waals surface area contributed by atoms with E-state index in [1.54, 1.807) is 16.7 Å². The van der Waals surface area contributed by atoms with Gasteiger partial charge < -0.3 is 5.73 Å². The van der Waals surface area contributed by atoms with E-state index in [0.29, 0.717) is 17.8 Å². The van der Waals surface area contributed by atoms with E-state index < -0.39 is 0 Å². The Morgan fingerprint density at radius 2 is 1.95 bits per heavy atom. The highest BCUT2D eigenvalue weighted by Crippen LogP contribution is 2.22. The Labute approximate surface area is 131 Å². The van der Waals surface area contributed by atoms with Crippen molar-refractivity contribution in [2.75, 3.05) is 5.73 Å². The van der Waals surface area contributed by atoms with Gasteiger partial charge in [-0.2, -0.15) is 5.26 Å². The van der Waals surface area contributed by atoms with Gasteiger partial charge in [-0.25, -0.2) is 0 Å². The molecule has 0 bridgehead atoms. The van der Waals surface area contributed by atoms with Crippen LogP contribution in [0, 0.1) is 11.3 Å². The van der Waals surface area contributed by atoms with Crippen molar-refractivity contribution < 1.29 is 0 Å². The van der Waals surface area contributed by atoms with Crippen LogP contribution in [0.4, 0.5) is 5.69 Å². The molecule has 0 saturated carbocycles. The van der Waals surface area contributed by atoms with Crippen molar-refractivity contribution in [2.45, 2.75) is 6.54 Å². The summed E-state index contributed by atoms with van der Waals surface area (Å²) in [6, 6.07) is 16.8. The van der Waals surface area contributed by atoms with Gasteiger partial charge in [0.25, 0.3) is 0 Å². The van der Waals surface area contributed by atoms with Crippen molar-refractivity contribution in [1.29, 1.82) is 5.26 Å². The van der Waals surface area contributed by atoms with Gasteiger partial charge in [0, 0.05) is 11.1 Å². The van der Waals surface area contributed by atoms with Gasteiger partial charge in [0.05, 0.1) is 23.9 Å². The number of nitrogens with two attached hydrogens (primary N) is 1. The topological polar surface area (TPSA) is 71.8 Å². The fourth-order valence-corrected chi connectivity index (χ4v) is 3.05. The molecule has 2 N–H and O–H groups in total. The predicted octanol–water partition coefficient (Wildman–Crippen LogP) is 3.08. The molecule has 0 saturated heterocycles. The van der Waals surface area contributed by atoms with Gasteiger partial charge >= 0.3 is 4.87 Å². The fraction of sp³-hybridized carbons (Fsp3) is 0.0588. The van der Waals surface area contributed by atoms with E-state index in [-0.39, 0.29) is 4.87 Å². The van der Waals surface area contributed by atoms with E-state index >= 15 is 0 Å². The molecule has 0 aliphatic heterocycles. The van der Waals surface area contributed by atoms with Crippen molar-refractivity contribution in [2.24, 2.45) is 0 Å². The minimum atomic E-state index is -0.0193. The van der Waals surface area contributed by atoms with Crippen LogP contribution in [0.25, 0.3) is 11.3 Å². The summed E-state index contributed by atoms with van der Waals surface area (Å²) >= 11 is 1.17. The van der Waals surface area contributed by atoms with Crippen LogP contribution in [0.2, 0.25) is 0 Å². The van der Waals surface area contributed by atoms with Crippen LogP contribution < -0.4 is 10.6 Å². The zero-order valence-electron chi connectivity index (χ0n) is 11.7. The van der Waals surface area contributed by atoms with Gasteiger partial charge in [0.2, 0.25) is 0 Å². The molecule has 4 nitrogen and oxygen atoms in total. The Morgan fingerprint density at radius 1 is 1.18 bits per heavy atom. The molecule has 108 valence electrons. The van der Waals surface area contributed by atoms with Crippen molar-refractivity contribution in [3.63, 3.8) is 0 Å². The standard InChI is InChI=1S/C17H13N3OS/c18-9-12-2-1-3-13(8-12)10-20-16(11-22-17(20)21)14-4-6-15(19)7-5-14/h1-8,11H,10,19H2. The molecule has 5 heteroatoms. The Bertz CT molecular complexity index is 901. The molecule has 1 heterocycles. The molecule has 0 aliphatic carbocycles. The molecule has 1 aromatic heterocycles. The van der Waals surface area contributed by atoms with Crippen LogP contribution in [0.15, 0.2) is 58.7 Å². The summed E-state index contributed by atoms with van der Waals surface area (Å²) < 4.78 is 1.71. The van der Waals surface area contributed by atoms with Gasteiger partial charge in [0.1, 0.15) is 0 Å². The molecule has 0 atom stereocenters. The Hall–Kier alpha value is -2.84. The molecule has 0 spiro atoms. The number of aromatic nitrogens is 1. The highest BCUT2D eigenvalue weighted by Gasteiger charge is 2.10. The minimum absolute atomic E-state index is 0.0193. The Balaban J connectivity index is 2.01. The van der Waals surface area contributed by atoms with Gasteiger partial charge in [-0.3, -0.25) is 9.36 Å². The van der Waals surface area contributed by atoms with Crippen molar-refractivity contribution in [3.8, 4) is 17.3 Å². The lowest BCUT2D eigenvalue weighted by atomic mass is 10.1. The van der Waals surface area contributed by atoms with E-state index in [1.807, 2.05) is 41.8 Å². The third-order valence-electron chi connectivity index (χ3n) is 3.39. The van der Waals surface area contributed by atoms with Gasteiger partial charge in [-0.05, 0) is 35.4 Å². The highest BCUT2D eigenvalue weighted by atomic mass is 32.1. The average Bonchev–Trinajstić information content (AvgIpc) is 2.89. The SMILES string of the molecule is N#Cc1cccc(Cn2c(-c3ccc(N)cc3)csc2=O)c1. The number of nitrogen functional groups attached to an aromatic ring is 1. The first kappa shape index (κ1) is 14.1. The van der Waals surface area contributed by atoms with Gasteiger partial charge in [0.15, 0.2) is 0 Å². The van der Waals surface area contributed by atoms with Crippen LogP contribution in [0.3, 0.4) is 0 Å². The predicted molar refractivity (Wildman–Crippen MR) is 88.7 cm³/mol. The van der Waals surface area contributed by atoms with E-state index in [9.17, 15) is 4.79 Å². The first-order valence-corrected chi connectivity index (χ1v) is 7.58. The Kier molecular flexibility index (Phi) is 3.77. The molecule has 0 radical (unpaired) electrons. The van der Waals surface area contributed by atoms with Gasteiger partial charge in [-0.1, -0.05) is 35.6 Å². The summed E-state index contributed by atoms with van der Waals surface area (Å²) in [6.45, 7) is 0.442. The molecule has 0 unspecified atom stereocenters. The first-order chi connectivity index (χ1) is 10.7. The van der Waals surface area contributed by atoms with Crippen LogP contribution in [-0.2, 0) is 6.54 Å². The first-order valence-electron chi connectivity index (χ1n) is 6.70. The van der Waals surface area contributed by atoms with E-state index in [0.717, 1.165) is 16.8 Å². The minimum Gasteiger partial charge on any atom is -0.399 e. The maximum atomic E-state index is 12.1. The molecule has 2 aromatic carbocycles. The van der Waals surface area contributed by atoms with E-state index in [2.05, 4.69) is 6.07 Å². The molecule has 22 heavy (non-hydrogen) atoms. The largest absolute Gasteiger partial charge is 0.399 e. The lowest BCUT2D eigenvalue weighted by molar-refractivity contribution is 0.792. The van der Waals surface area contributed by atoms with E-state index in [1.165, 1.54) is 11.3 Å². The molecule has 3 aromatic rings. The number of nitriles is 1. The van der Waals surface area contributed by atoms with Gasteiger partial charge in [-0.15, -0.1) is 0 Å². The molecular weight excluding hydrogens is 294 g/mol. The zero-order valence-corrected chi connectivity index (χ0v) is 12.5. The number of benzene rings is 2. The smallest absolute Gasteiger partial charge is 0.307 e. The van der Waals surface area contributed by atoms with Crippen molar-refractivity contribution >= 4 is 17.0 Å². The summed E-state index contributed by atoms with van der Waals surface area (Å²) in [4.78, 5) is 12.1. The van der Waals surface area contributed by atoms with Crippen molar-refractivity contribution in [1.82, 2.24) is 4.57 Å². The maximum absolute atomic E-state index is 12.1. The number of hydrogen-bond donors (Lipinski definition) is 1. The summed E-state index contributed by atoms with van der Waals surface area (Å²) in [5.41, 5.74) is 9.72. The van der Waals surface area contributed by atoms with Crippen LogP contribution in [-0.4, -0.2) is 4.57 Å². The number of rotatable bonds is 3. The third kappa shape index (κ3) is 2.78. The van der Waals surface area contributed by atoms with Crippen LogP contribution in [0.1, 0.15) is 11.1 Å². The summed E-state index contributed by atoms with van der Waals surface area (Å²) in [5, 5.41) is 10.8. The molecular formula is C17H13N3OS. The fourth-order valence-electron chi connectivity index (χ4n) is 2.28. The molecule has 3 rings (SSSR count). The van der Waals surface area contributed by atoms with Crippen molar-refractivity contribution in [3.05, 3.63) is 74.7 Å². The molecule has 0 amide bonds. The lowest BCUT2D eigenvalue weighted by Gasteiger charge is -2.08. The average molecular weight is 307 g/mol. The zero-order chi connectivity index (χ0) is 15.5. The quantitative estimate of drug-likeness (QED) is 0.756.